The second-order valence-corrected chi connectivity index (χ2v) is 8.43. The number of alkyl halides is 4. The highest BCUT2D eigenvalue weighted by Gasteiger charge is 2.41. The monoisotopic (exact) mass is 496 g/mol. The Morgan fingerprint density at radius 2 is 2.09 bits per heavy atom. The van der Waals surface area contributed by atoms with E-state index in [0.717, 1.165) is 12.5 Å². The molecule has 0 amide bonds. The number of carbonyl (C=O) groups is 1. The lowest BCUT2D eigenvalue weighted by atomic mass is 10.1. The van der Waals surface area contributed by atoms with Gasteiger partial charge in [-0.25, -0.2) is 14.4 Å². The molecular weight excluding hydrogens is 478 g/mol. The first kappa shape index (κ1) is 24.1. The minimum Gasteiger partial charge on any atom is -0.390 e. The van der Waals surface area contributed by atoms with E-state index in [1.54, 1.807) is 18.2 Å². The molecule has 0 aliphatic heterocycles. The lowest BCUT2D eigenvalue weighted by Crippen LogP contribution is -2.32. The maximum absolute atomic E-state index is 14.4. The Hall–Kier alpha value is -3.05. The Balaban J connectivity index is 1.65. The van der Waals surface area contributed by atoms with Gasteiger partial charge in [-0.05, 0) is 37.0 Å². The van der Waals surface area contributed by atoms with Gasteiger partial charge in [0, 0.05) is 17.3 Å². The van der Waals surface area contributed by atoms with E-state index in [9.17, 15) is 27.5 Å². The highest BCUT2D eigenvalue weighted by Crippen LogP contribution is 2.33. The third kappa shape index (κ3) is 4.90. The van der Waals surface area contributed by atoms with Crippen molar-refractivity contribution in [3.63, 3.8) is 0 Å². The second-order valence-electron chi connectivity index (χ2n) is 8.00. The number of aliphatic hydroxyl groups excluding tert-OH is 1. The van der Waals surface area contributed by atoms with Gasteiger partial charge in [-0.3, -0.25) is 9.48 Å². The van der Waals surface area contributed by atoms with Gasteiger partial charge in [-0.1, -0.05) is 23.7 Å². The number of benzene rings is 1. The number of rotatable bonds is 6. The predicted octanol–water partition coefficient (Wildman–Crippen LogP) is 3.96. The quantitative estimate of drug-likeness (QED) is 0.396. The van der Waals surface area contributed by atoms with Gasteiger partial charge in [0.15, 0.2) is 0 Å². The van der Waals surface area contributed by atoms with Gasteiger partial charge < -0.3 is 10.4 Å². The van der Waals surface area contributed by atoms with Crippen LogP contribution in [0.1, 0.15) is 33.7 Å². The van der Waals surface area contributed by atoms with E-state index in [1.807, 2.05) is 0 Å². The molecule has 7 nitrogen and oxygen atoms in total. The number of carbonyl (C=O) groups excluding carboxylic acids is 1. The Bertz CT molecular complexity index is 1200. The van der Waals surface area contributed by atoms with E-state index >= 15 is 0 Å². The first-order valence-corrected chi connectivity index (χ1v) is 10.6. The SMILES string of the molecule is [CH2][C@@H]1C[C@@H](Nc2ncncc2C(=O)c2cc(C(F)(F)F)n(Cc3cccc(Cl)c3)n2)[C@@H](F)[C@@H]1O. The topological polar surface area (TPSA) is 92.9 Å². The van der Waals surface area contributed by atoms with E-state index in [4.69, 9.17) is 11.6 Å². The second kappa shape index (κ2) is 9.30. The predicted molar refractivity (Wildman–Crippen MR) is 115 cm³/mol. The lowest BCUT2D eigenvalue weighted by molar-refractivity contribution is -0.144. The Morgan fingerprint density at radius 1 is 1.32 bits per heavy atom. The van der Waals surface area contributed by atoms with Crippen molar-refractivity contribution in [2.24, 2.45) is 5.92 Å². The Labute approximate surface area is 196 Å². The van der Waals surface area contributed by atoms with E-state index < -0.39 is 47.6 Å². The average molecular weight is 497 g/mol. The number of aromatic nitrogens is 4. The number of nitrogens with zero attached hydrogens (tertiary/aromatic N) is 4. The van der Waals surface area contributed by atoms with Crippen LogP contribution >= 0.6 is 11.6 Å². The number of anilines is 1. The van der Waals surface area contributed by atoms with Gasteiger partial charge >= 0.3 is 6.18 Å². The third-order valence-corrected chi connectivity index (χ3v) is 5.79. The third-order valence-electron chi connectivity index (χ3n) is 5.55. The van der Waals surface area contributed by atoms with E-state index in [-0.39, 0.29) is 24.3 Å². The average Bonchev–Trinajstić information content (AvgIpc) is 3.31. The van der Waals surface area contributed by atoms with Crippen molar-refractivity contribution in [3.8, 4) is 0 Å². The Morgan fingerprint density at radius 3 is 2.74 bits per heavy atom. The van der Waals surface area contributed by atoms with Crippen LogP contribution in [0.4, 0.5) is 23.4 Å². The molecule has 2 aromatic heterocycles. The number of nitrogens with one attached hydrogen (secondary N) is 1. The molecule has 2 heterocycles. The molecule has 2 N–H and O–H groups in total. The number of aliphatic hydroxyl groups is 1. The molecule has 1 saturated carbocycles. The highest BCUT2D eigenvalue weighted by atomic mass is 35.5. The van der Waals surface area contributed by atoms with Crippen LogP contribution in [-0.4, -0.2) is 49.0 Å². The fourth-order valence-corrected chi connectivity index (χ4v) is 4.05. The van der Waals surface area contributed by atoms with Crippen LogP contribution in [0.5, 0.6) is 0 Å². The molecule has 1 radical (unpaired) electrons. The van der Waals surface area contributed by atoms with Gasteiger partial charge in [0.1, 0.15) is 29.7 Å². The Kier molecular flexibility index (Phi) is 6.59. The summed E-state index contributed by atoms with van der Waals surface area (Å²) in [5, 5.41) is 16.8. The van der Waals surface area contributed by atoms with Gasteiger partial charge in [-0.2, -0.15) is 18.3 Å². The van der Waals surface area contributed by atoms with Crippen molar-refractivity contribution in [3.05, 3.63) is 77.3 Å². The summed E-state index contributed by atoms with van der Waals surface area (Å²) in [6.45, 7) is 3.41. The molecule has 0 spiro atoms. The van der Waals surface area contributed by atoms with Gasteiger partial charge in [0.2, 0.25) is 5.78 Å². The van der Waals surface area contributed by atoms with Crippen LogP contribution in [0.3, 0.4) is 0 Å². The standard InChI is InChI=1S/C22H19ClF4N5O2/c1-11-5-15(18(24)19(11)33)30-21-14(8-28-10-29-21)20(34)16-7-17(22(25,26)27)32(31-16)9-12-3-2-4-13(23)6-12/h2-4,6-8,10-11,15,18-19,33H,1,5,9H2,(H,28,29,30)/t11-,15-,18-,19-/m1/s1. The fraction of sp³-hybridized carbons (Fsp3) is 0.318. The molecule has 34 heavy (non-hydrogen) atoms. The van der Waals surface area contributed by atoms with E-state index in [0.29, 0.717) is 21.3 Å². The van der Waals surface area contributed by atoms with Crippen molar-refractivity contribution in [2.75, 3.05) is 5.32 Å². The summed E-state index contributed by atoms with van der Waals surface area (Å²) in [4.78, 5) is 20.8. The summed E-state index contributed by atoms with van der Waals surface area (Å²) in [6, 6.07) is 6.02. The molecular formula is C22H19ClF4N5O2. The molecule has 179 valence electrons. The molecule has 0 unspecified atom stereocenters. The molecule has 3 aromatic rings. The number of halogens is 5. The molecule has 1 aromatic carbocycles. The number of hydrogen-bond acceptors (Lipinski definition) is 6. The van der Waals surface area contributed by atoms with Gasteiger partial charge in [0.25, 0.3) is 0 Å². The lowest BCUT2D eigenvalue weighted by Gasteiger charge is -2.18. The van der Waals surface area contributed by atoms with Crippen molar-refractivity contribution >= 4 is 23.2 Å². The summed E-state index contributed by atoms with van der Waals surface area (Å²) < 4.78 is 56.0. The molecule has 0 bridgehead atoms. The zero-order valence-corrected chi connectivity index (χ0v) is 18.3. The molecule has 4 rings (SSSR count). The fourth-order valence-electron chi connectivity index (χ4n) is 3.84. The largest absolute Gasteiger partial charge is 0.433 e. The normalized spacial score (nSPS) is 22.7. The summed E-state index contributed by atoms with van der Waals surface area (Å²) in [6.07, 6.45) is -5.32. The summed E-state index contributed by atoms with van der Waals surface area (Å²) >= 11 is 5.92. The molecule has 12 heteroatoms. The van der Waals surface area contributed by atoms with E-state index in [1.165, 1.54) is 6.07 Å². The van der Waals surface area contributed by atoms with Crippen molar-refractivity contribution in [1.82, 2.24) is 19.7 Å². The van der Waals surface area contributed by atoms with Crippen LogP contribution in [0.2, 0.25) is 5.02 Å². The number of hydrogen-bond donors (Lipinski definition) is 2. The van der Waals surface area contributed by atoms with Crippen molar-refractivity contribution in [2.45, 2.75) is 37.5 Å². The highest BCUT2D eigenvalue weighted by molar-refractivity contribution is 6.30. The zero-order chi connectivity index (χ0) is 24.6. The van der Waals surface area contributed by atoms with Crippen LogP contribution < -0.4 is 5.32 Å². The van der Waals surface area contributed by atoms with Crippen LogP contribution in [-0.2, 0) is 12.7 Å². The minimum atomic E-state index is -4.77. The molecule has 1 aliphatic carbocycles. The first-order valence-electron chi connectivity index (χ1n) is 10.2. The molecule has 1 fully saturated rings. The van der Waals surface area contributed by atoms with Gasteiger partial charge in [0.05, 0.1) is 24.3 Å². The molecule has 4 atom stereocenters. The van der Waals surface area contributed by atoms with Crippen LogP contribution in [0.15, 0.2) is 42.9 Å². The summed E-state index contributed by atoms with van der Waals surface area (Å²) in [5.74, 6) is -1.52. The minimum absolute atomic E-state index is 0.0769. The molecule has 1 aliphatic rings. The molecule has 0 saturated heterocycles. The van der Waals surface area contributed by atoms with Crippen LogP contribution in [0, 0.1) is 12.8 Å². The van der Waals surface area contributed by atoms with Crippen molar-refractivity contribution < 1.29 is 27.5 Å². The van der Waals surface area contributed by atoms with Crippen molar-refractivity contribution in [1.29, 1.82) is 0 Å². The zero-order valence-electron chi connectivity index (χ0n) is 17.5. The summed E-state index contributed by atoms with van der Waals surface area (Å²) in [7, 11) is 0. The van der Waals surface area contributed by atoms with Gasteiger partial charge in [-0.15, -0.1) is 0 Å². The van der Waals surface area contributed by atoms with E-state index in [2.05, 4.69) is 27.3 Å². The maximum atomic E-state index is 14.4. The summed E-state index contributed by atoms with van der Waals surface area (Å²) in [5.41, 5.74) is -1.32. The van der Waals surface area contributed by atoms with Crippen LogP contribution in [0.25, 0.3) is 0 Å². The maximum Gasteiger partial charge on any atom is 0.433 e. The smallest absolute Gasteiger partial charge is 0.390 e. The number of ketones is 1. The first-order chi connectivity index (χ1) is 16.0.